The number of halogens is 4. The van der Waals surface area contributed by atoms with Gasteiger partial charge in [-0.2, -0.15) is 0 Å². The highest BCUT2D eigenvalue weighted by atomic mass is 35.5. The fraction of sp³-hybridized carbons (Fsp3) is 0.0714. The number of anilines is 2. The third-order valence-electron chi connectivity index (χ3n) is 5.74. The minimum Gasteiger partial charge on any atom is -0.293 e. The van der Waals surface area contributed by atoms with Crippen molar-refractivity contribution < 1.29 is 26.4 Å². The maximum Gasteiger partial charge on any atom is 0.261 e. The second kappa shape index (κ2) is 14.8. The summed E-state index contributed by atoms with van der Waals surface area (Å²) >= 11 is 23.6. The van der Waals surface area contributed by atoms with Crippen molar-refractivity contribution in [3.63, 3.8) is 0 Å². The van der Waals surface area contributed by atoms with Crippen molar-refractivity contribution in [2.24, 2.45) is 0 Å². The largest absolute Gasteiger partial charge is 0.293 e. The number of Topliss-reactive ketones (excluding diaryl/α,β-unsaturated/α-hetero) is 2. The number of rotatable bonds is 13. The lowest BCUT2D eigenvalue weighted by atomic mass is 10.1. The van der Waals surface area contributed by atoms with Gasteiger partial charge >= 0.3 is 0 Å². The molecule has 8 nitrogen and oxygen atoms in total. The fourth-order valence-corrected chi connectivity index (χ4v) is 8.32. The number of hydrogen-bond donors (Lipinski definition) is 2. The van der Waals surface area contributed by atoms with Gasteiger partial charge in [0.2, 0.25) is 0 Å². The van der Waals surface area contributed by atoms with Crippen LogP contribution in [0.4, 0.5) is 11.4 Å². The third kappa shape index (κ3) is 9.07. The first kappa shape index (κ1) is 34.5. The van der Waals surface area contributed by atoms with Gasteiger partial charge in [-0.3, -0.25) is 19.0 Å². The Kier molecular flexibility index (Phi) is 11.6. The Labute approximate surface area is 282 Å². The van der Waals surface area contributed by atoms with E-state index in [1.54, 1.807) is 24.3 Å². The Morgan fingerprint density at radius 1 is 0.545 bits per heavy atom. The van der Waals surface area contributed by atoms with Crippen LogP contribution in [0, 0.1) is 0 Å². The molecule has 0 saturated carbocycles. The molecule has 16 heteroatoms. The first-order valence-corrected chi connectivity index (χ1v) is 19.2. The molecule has 44 heavy (non-hydrogen) atoms. The Bertz CT molecular complexity index is 1820. The molecule has 0 aliphatic rings. The Morgan fingerprint density at radius 3 is 1.30 bits per heavy atom. The van der Waals surface area contributed by atoms with Crippen molar-refractivity contribution in [2.45, 2.75) is 9.79 Å². The zero-order chi connectivity index (χ0) is 32.1. The number of sulfonamides is 2. The molecular weight excluding hydrogens is 730 g/mol. The highest BCUT2D eigenvalue weighted by Gasteiger charge is 2.18. The summed E-state index contributed by atoms with van der Waals surface area (Å²) in [4.78, 5) is 25.3. The molecular formula is C28H20Cl4N2O6S4. The van der Waals surface area contributed by atoms with E-state index in [1.807, 2.05) is 0 Å². The van der Waals surface area contributed by atoms with E-state index in [-0.39, 0.29) is 75.5 Å². The maximum absolute atomic E-state index is 12.8. The number of carbonyl (C=O) groups excluding carboxylic acids is 2. The van der Waals surface area contributed by atoms with E-state index in [4.69, 9.17) is 46.4 Å². The first-order chi connectivity index (χ1) is 20.7. The van der Waals surface area contributed by atoms with Crippen LogP contribution in [0.1, 0.15) is 20.7 Å². The summed E-state index contributed by atoms with van der Waals surface area (Å²) < 4.78 is 55.8. The molecule has 0 saturated heterocycles. The lowest BCUT2D eigenvalue weighted by Crippen LogP contribution is -2.13. The third-order valence-corrected chi connectivity index (χ3v) is 12.1. The van der Waals surface area contributed by atoms with Crippen molar-refractivity contribution in [3.05, 3.63) is 116 Å². The van der Waals surface area contributed by atoms with Gasteiger partial charge in [0.15, 0.2) is 11.6 Å². The predicted octanol–water partition coefficient (Wildman–Crippen LogP) is 8.35. The van der Waals surface area contributed by atoms with Crippen molar-refractivity contribution in [1.29, 1.82) is 0 Å². The average Bonchev–Trinajstić information content (AvgIpc) is 2.97. The van der Waals surface area contributed by atoms with Gasteiger partial charge in [0.05, 0.1) is 41.4 Å². The first-order valence-electron chi connectivity index (χ1n) is 12.2. The van der Waals surface area contributed by atoms with Crippen LogP contribution in [0.2, 0.25) is 20.1 Å². The normalized spacial score (nSPS) is 11.6. The number of hydrogen-bond acceptors (Lipinski definition) is 8. The highest BCUT2D eigenvalue weighted by Crippen LogP contribution is 2.29. The summed E-state index contributed by atoms with van der Waals surface area (Å²) in [5.41, 5.74) is 0.926. The minimum absolute atomic E-state index is 0.0183. The molecule has 2 N–H and O–H groups in total. The van der Waals surface area contributed by atoms with Gasteiger partial charge in [0.25, 0.3) is 20.0 Å². The monoisotopic (exact) mass is 748 g/mol. The summed E-state index contributed by atoms with van der Waals surface area (Å²) in [7, 11) is -5.65. The second-order valence-electron chi connectivity index (χ2n) is 8.90. The summed E-state index contributed by atoms with van der Waals surface area (Å²) in [5, 5.41) is 0.604. The molecule has 230 valence electrons. The molecule has 0 aliphatic heterocycles. The van der Waals surface area contributed by atoms with Crippen LogP contribution in [-0.4, -0.2) is 39.9 Å². The van der Waals surface area contributed by atoms with Gasteiger partial charge in [0.1, 0.15) is 0 Å². The molecule has 0 aliphatic carbocycles. The lowest BCUT2D eigenvalue weighted by Gasteiger charge is -2.10. The molecule has 0 spiro atoms. The average molecular weight is 751 g/mol. The smallest absolute Gasteiger partial charge is 0.261 e. The Morgan fingerprint density at radius 2 is 0.932 bits per heavy atom. The summed E-state index contributed by atoms with van der Waals surface area (Å²) in [5.74, 6) is -0.511. The predicted molar refractivity (Wildman–Crippen MR) is 181 cm³/mol. The van der Waals surface area contributed by atoms with E-state index < -0.39 is 20.0 Å². The van der Waals surface area contributed by atoms with E-state index >= 15 is 0 Å². The van der Waals surface area contributed by atoms with Crippen LogP contribution in [0.5, 0.6) is 0 Å². The van der Waals surface area contributed by atoms with Gasteiger partial charge in [-0.05, 0) is 60.7 Å². The van der Waals surface area contributed by atoms with E-state index in [0.29, 0.717) is 0 Å². The summed E-state index contributed by atoms with van der Waals surface area (Å²) in [6, 6.07) is 19.9. The Balaban J connectivity index is 1.30. The number of carbonyl (C=O) groups is 2. The van der Waals surface area contributed by atoms with Crippen molar-refractivity contribution in [3.8, 4) is 0 Å². The number of ketones is 2. The summed E-state index contributed by atoms with van der Waals surface area (Å²) in [6.07, 6.45) is 0. The molecule has 4 aromatic carbocycles. The van der Waals surface area contributed by atoms with Crippen LogP contribution >= 0.6 is 68.0 Å². The van der Waals surface area contributed by atoms with E-state index in [9.17, 15) is 26.4 Å². The molecule has 4 aromatic rings. The topological polar surface area (TPSA) is 126 Å². The molecule has 0 radical (unpaired) electrons. The number of nitrogens with one attached hydrogen (secondary N) is 2. The lowest BCUT2D eigenvalue weighted by molar-refractivity contribution is 0.101. The minimum atomic E-state index is -3.98. The van der Waals surface area contributed by atoms with Crippen LogP contribution < -0.4 is 9.44 Å². The molecule has 0 amide bonds. The summed E-state index contributed by atoms with van der Waals surface area (Å²) in [6.45, 7) is 0. The van der Waals surface area contributed by atoms with Crippen LogP contribution in [-0.2, 0) is 20.0 Å². The van der Waals surface area contributed by atoms with Crippen LogP contribution in [0.15, 0.2) is 94.7 Å². The molecule has 0 aromatic heterocycles. The van der Waals surface area contributed by atoms with Crippen LogP contribution in [0.3, 0.4) is 0 Å². The molecule has 0 atom stereocenters. The molecule has 0 bridgehead atoms. The van der Waals surface area contributed by atoms with Gasteiger partial charge in [-0.15, -0.1) is 0 Å². The van der Waals surface area contributed by atoms with Gasteiger partial charge < -0.3 is 0 Å². The van der Waals surface area contributed by atoms with Crippen LogP contribution in [0.25, 0.3) is 0 Å². The fourth-order valence-electron chi connectivity index (χ4n) is 3.59. The van der Waals surface area contributed by atoms with Crippen molar-refractivity contribution >= 4 is 111 Å². The molecule has 4 rings (SSSR count). The van der Waals surface area contributed by atoms with Gasteiger partial charge in [-0.25, -0.2) is 16.8 Å². The highest BCUT2D eigenvalue weighted by molar-refractivity contribution is 8.77. The Hall–Kier alpha value is -2.42. The standard InChI is InChI=1S/C28H20Cl4N2O6S4/c29-23-9-7-21(13-25(23)31)43(37,38)33-19-5-1-3-17(11-19)27(35)15-41-42-16-28(36)18-4-2-6-20(12-18)34-44(39,40)22-8-10-24(30)26(32)14-22/h1-14,33-34H,15-16H2. The molecule has 0 fully saturated rings. The zero-order valence-corrected chi connectivity index (χ0v) is 28.4. The molecule has 0 unspecified atom stereocenters. The van der Waals surface area contributed by atoms with Gasteiger partial charge in [-0.1, -0.05) is 92.3 Å². The number of benzene rings is 4. The second-order valence-corrected chi connectivity index (χ2v) is 16.4. The van der Waals surface area contributed by atoms with E-state index in [1.165, 1.54) is 60.7 Å². The quantitative estimate of drug-likeness (QED) is 0.0794. The maximum atomic E-state index is 12.8. The van der Waals surface area contributed by atoms with Crippen molar-refractivity contribution in [2.75, 3.05) is 20.9 Å². The van der Waals surface area contributed by atoms with E-state index in [2.05, 4.69) is 9.44 Å². The SMILES string of the molecule is O=C(CSSCC(=O)c1cccc(NS(=O)(=O)c2ccc(Cl)c(Cl)c2)c1)c1cccc(NS(=O)(=O)c2ccc(Cl)c(Cl)c2)c1. The molecule has 0 heterocycles. The van der Waals surface area contributed by atoms with Gasteiger partial charge in [0, 0.05) is 22.5 Å². The zero-order valence-electron chi connectivity index (χ0n) is 22.1. The van der Waals surface area contributed by atoms with E-state index in [0.717, 1.165) is 21.6 Å². The van der Waals surface area contributed by atoms with Crippen molar-refractivity contribution in [1.82, 2.24) is 0 Å².